The molecule has 0 aliphatic carbocycles. The van der Waals surface area contributed by atoms with E-state index in [4.69, 9.17) is 26.2 Å². The first-order valence-corrected chi connectivity index (χ1v) is 14.7. The molecule has 0 saturated carbocycles. The highest BCUT2D eigenvalue weighted by Gasteiger charge is 2.31. The van der Waals surface area contributed by atoms with Crippen molar-refractivity contribution in [2.75, 3.05) is 13.1 Å². The van der Waals surface area contributed by atoms with E-state index in [1.54, 1.807) is 0 Å². The number of amides is 1. The van der Waals surface area contributed by atoms with Crippen LogP contribution >= 0.6 is 23.4 Å². The highest BCUT2D eigenvalue weighted by Crippen LogP contribution is 2.35. The van der Waals surface area contributed by atoms with Gasteiger partial charge in [-0.1, -0.05) is 60.1 Å². The van der Waals surface area contributed by atoms with Crippen molar-refractivity contribution in [1.29, 1.82) is 0 Å². The van der Waals surface area contributed by atoms with Gasteiger partial charge in [0.15, 0.2) is 5.17 Å². The molecule has 1 amide bonds. The van der Waals surface area contributed by atoms with Crippen LogP contribution in [0.25, 0.3) is 23.0 Å². The quantitative estimate of drug-likeness (QED) is 0.231. The molecule has 9 heteroatoms. The summed E-state index contributed by atoms with van der Waals surface area (Å²) in [7, 11) is 0. The number of hydrogen-bond acceptors (Lipinski definition) is 6. The first-order valence-electron chi connectivity index (χ1n) is 13.5. The first-order chi connectivity index (χ1) is 19.9. The van der Waals surface area contributed by atoms with Crippen LogP contribution < -0.4 is 4.74 Å². The maximum atomic E-state index is 13.0. The zero-order valence-electron chi connectivity index (χ0n) is 22.7. The van der Waals surface area contributed by atoms with Crippen LogP contribution in [0.3, 0.4) is 0 Å². The van der Waals surface area contributed by atoms with Crippen LogP contribution in [-0.4, -0.2) is 51.1 Å². The number of carbonyl (C=O) groups excluding carboxylic acids is 1. The van der Waals surface area contributed by atoms with E-state index in [9.17, 15) is 4.79 Å². The number of halogens is 1. The molecule has 0 radical (unpaired) electrons. The summed E-state index contributed by atoms with van der Waals surface area (Å²) in [4.78, 5) is 20.1. The Morgan fingerprint density at radius 1 is 1.02 bits per heavy atom. The van der Waals surface area contributed by atoms with Crippen molar-refractivity contribution in [1.82, 2.24) is 14.7 Å². The number of rotatable bonds is 6. The highest BCUT2D eigenvalue weighted by atomic mass is 35.5. The molecule has 2 unspecified atom stereocenters. The molecular formula is C32H29ClN4O3S. The molecule has 3 aromatic carbocycles. The molecule has 2 atom stereocenters. The second-order valence-electron chi connectivity index (χ2n) is 10.1. The Morgan fingerprint density at radius 2 is 1.78 bits per heavy atom. The van der Waals surface area contributed by atoms with Gasteiger partial charge >= 0.3 is 0 Å². The summed E-state index contributed by atoms with van der Waals surface area (Å²) in [6.07, 6.45) is 3.98. The molecular weight excluding hydrogens is 556 g/mol. The van der Waals surface area contributed by atoms with E-state index in [0.717, 1.165) is 33.2 Å². The van der Waals surface area contributed by atoms with Crippen molar-refractivity contribution in [3.8, 4) is 22.7 Å². The maximum absolute atomic E-state index is 13.0. The van der Waals surface area contributed by atoms with Gasteiger partial charge in [-0.25, -0.2) is 4.68 Å². The standard InChI is InChI=1S/C32H29ClN4O3S/c1-21-17-36(18-22(2)40-21)32-34-31(38)29(41-32)16-25-19-37(26-11-4-3-5-12-26)35-30(25)23-10-8-13-27(15-23)39-20-24-9-6-7-14-28(24)33/h3-16,19,21-22H,17-18,20H2,1-2H3. The Balaban J connectivity index is 1.31. The average molecular weight is 585 g/mol. The Kier molecular flexibility index (Phi) is 7.96. The second-order valence-corrected chi connectivity index (χ2v) is 11.5. The van der Waals surface area contributed by atoms with Crippen LogP contribution in [0.4, 0.5) is 0 Å². The van der Waals surface area contributed by atoms with Crippen LogP contribution in [0.15, 0.2) is 95.0 Å². The summed E-state index contributed by atoms with van der Waals surface area (Å²) < 4.78 is 13.8. The number of morpholine rings is 1. The third-order valence-electron chi connectivity index (χ3n) is 6.81. The number of para-hydroxylation sites is 1. The Hall–Kier alpha value is -3.85. The van der Waals surface area contributed by atoms with Gasteiger partial charge in [0, 0.05) is 41.0 Å². The summed E-state index contributed by atoms with van der Waals surface area (Å²) in [6.45, 7) is 5.84. The number of benzene rings is 3. The smallest absolute Gasteiger partial charge is 0.286 e. The third-order valence-corrected chi connectivity index (χ3v) is 8.22. The number of aliphatic imine (C=N–C) groups is 1. The van der Waals surface area contributed by atoms with Gasteiger partial charge in [0.2, 0.25) is 0 Å². The first kappa shape index (κ1) is 27.3. The van der Waals surface area contributed by atoms with E-state index < -0.39 is 0 Å². The number of hydrogen-bond donors (Lipinski definition) is 0. The van der Waals surface area contributed by atoms with Crippen molar-refractivity contribution in [2.24, 2.45) is 4.99 Å². The van der Waals surface area contributed by atoms with Crippen LogP contribution in [-0.2, 0) is 16.1 Å². The zero-order valence-corrected chi connectivity index (χ0v) is 24.3. The largest absolute Gasteiger partial charge is 0.489 e. The lowest BCUT2D eigenvalue weighted by Gasteiger charge is -2.35. The van der Waals surface area contributed by atoms with Crippen LogP contribution in [0.5, 0.6) is 5.75 Å². The number of carbonyl (C=O) groups is 1. The van der Waals surface area contributed by atoms with Crippen LogP contribution in [0.2, 0.25) is 5.02 Å². The molecule has 7 nitrogen and oxygen atoms in total. The molecule has 208 valence electrons. The fourth-order valence-electron chi connectivity index (χ4n) is 4.95. The molecule has 1 saturated heterocycles. The average Bonchev–Trinajstić information content (AvgIpc) is 3.56. The van der Waals surface area contributed by atoms with E-state index in [-0.39, 0.29) is 18.1 Å². The molecule has 6 rings (SSSR count). The van der Waals surface area contributed by atoms with Gasteiger partial charge in [-0.05, 0) is 62.0 Å². The lowest BCUT2D eigenvalue weighted by atomic mass is 10.1. The number of amidine groups is 1. The van der Waals surface area contributed by atoms with E-state index in [1.165, 1.54) is 11.8 Å². The van der Waals surface area contributed by atoms with Crippen molar-refractivity contribution in [2.45, 2.75) is 32.7 Å². The summed E-state index contributed by atoms with van der Waals surface area (Å²) in [6, 6.07) is 25.3. The van der Waals surface area contributed by atoms with Gasteiger partial charge in [-0.2, -0.15) is 10.1 Å². The lowest BCUT2D eigenvalue weighted by Crippen LogP contribution is -2.47. The lowest BCUT2D eigenvalue weighted by molar-refractivity contribution is -0.113. The van der Waals surface area contributed by atoms with E-state index in [0.29, 0.717) is 35.4 Å². The fraction of sp³-hybridized carbons (Fsp3) is 0.219. The van der Waals surface area contributed by atoms with Crippen LogP contribution in [0.1, 0.15) is 25.0 Å². The topological polar surface area (TPSA) is 69.0 Å². The summed E-state index contributed by atoms with van der Waals surface area (Å²) in [5.74, 6) is 0.454. The normalized spacial score (nSPS) is 20.0. The van der Waals surface area contributed by atoms with Crippen molar-refractivity contribution in [3.05, 3.63) is 106 Å². The highest BCUT2D eigenvalue weighted by molar-refractivity contribution is 8.18. The Labute approximate surface area is 248 Å². The molecule has 41 heavy (non-hydrogen) atoms. The summed E-state index contributed by atoms with van der Waals surface area (Å²) >= 11 is 7.72. The second kappa shape index (κ2) is 11.9. The molecule has 1 fully saturated rings. The Morgan fingerprint density at radius 3 is 2.56 bits per heavy atom. The fourth-order valence-corrected chi connectivity index (χ4v) is 6.06. The van der Waals surface area contributed by atoms with E-state index >= 15 is 0 Å². The minimum absolute atomic E-state index is 0.0771. The van der Waals surface area contributed by atoms with Crippen molar-refractivity contribution < 1.29 is 14.3 Å². The molecule has 0 bridgehead atoms. The van der Waals surface area contributed by atoms with Gasteiger partial charge in [-0.3, -0.25) is 4.79 Å². The molecule has 2 aliphatic rings. The molecule has 0 spiro atoms. The number of thioether (sulfide) groups is 1. The van der Waals surface area contributed by atoms with Gasteiger partial charge in [-0.15, -0.1) is 0 Å². The SMILES string of the molecule is CC1CN(C2=NC(=O)C(=Cc3cn(-c4ccccc4)nc3-c3cccc(OCc4ccccc4Cl)c3)S2)CC(C)O1. The minimum Gasteiger partial charge on any atom is -0.489 e. The number of nitrogens with zero attached hydrogens (tertiary/aromatic N) is 4. The molecule has 1 aromatic heterocycles. The monoisotopic (exact) mass is 584 g/mol. The minimum atomic E-state index is -0.243. The van der Waals surface area contributed by atoms with Crippen molar-refractivity contribution >= 4 is 40.5 Å². The summed E-state index contributed by atoms with van der Waals surface area (Å²) in [5, 5.41) is 6.32. The molecule has 4 aromatic rings. The zero-order chi connectivity index (χ0) is 28.3. The third kappa shape index (κ3) is 6.25. The van der Waals surface area contributed by atoms with Gasteiger partial charge in [0.05, 0.1) is 22.8 Å². The van der Waals surface area contributed by atoms with Crippen molar-refractivity contribution in [3.63, 3.8) is 0 Å². The van der Waals surface area contributed by atoms with Crippen LogP contribution in [0, 0.1) is 0 Å². The van der Waals surface area contributed by atoms with Gasteiger partial charge < -0.3 is 14.4 Å². The molecule has 0 N–H and O–H groups in total. The number of ether oxygens (including phenoxy) is 2. The molecule has 2 aliphatic heterocycles. The maximum Gasteiger partial charge on any atom is 0.286 e. The van der Waals surface area contributed by atoms with E-state index in [2.05, 4.69) is 9.89 Å². The predicted molar refractivity (Wildman–Crippen MR) is 164 cm³/mol. The Bertz CT molecular complexity index is 1620. The summed E-state index contributed by atoms with van der Waals surface area (Å²) in [5.41, 5.74) is 4.25. The van der Waals surface area contributed by atoms with Gasteiger partial charge in [0.1, 0.15) is 18.1 Å². The van der Waals surface area contributed by atoms with E-state index in [1.807, 2.05) is 110 Å². The number of aromatic nitrogens is 2. The predicted octanol–water partition coefficient (Wildman–Crippen LogP) is 6.85. The van der Waals surface area contributed by atoms with Gasteiger partial charge in [0.25, 0.3) is 5.91 Å². The molecule has 3 heterocycles.